The number of hydrogen-bond donors (Lipinski definition) is 3. The Hall–Kier alpha value is -2.28. The molecule has 1 aromatic carbocycles. The van der Waals surface area contributed by atoms with Crippen LogP contribution in [0.5, 0.6) is 5.75 Å². The van der Waals surface area contributed by atoms with Gasteiger partial charge in [0.05, 0.1) is 5.69 Å². The average Bonchev–Trinajstić information content (AvgIpc) is 2.46. The Morgan fingerprint density at radius 1 is 1.42 bits per heavy atom. The van der Waals surface area contributed by atoms with E-state index in [1.165, 1.54) is 0 Å². The number of rotatable bonds is 5. The first-order chi connectivity index (χ1) is 11.2. The fourth-order valence-corrected chi connectivity index (χ4v) is 2.66. The molecule has 24 heavy (non-hydrogen) atoms. The summed E-state index contributed by atoms with van der Waals surface area (Å²) in [6.45, 7) is 7.08. The number of ether oxygens (including phenoxy) is 1. The SMILES string of the molecule is C[C@H](NC(=O)Nc1ccc2c(c1)OCC(=O)N2)C(C)(C)CN(C)C. The van der Waals surface area contributed by atoms with Crippen LogP contribution in [0.2, 0.25) is 0 Å². The second-order valence-electron chi connectivity index (χ2n) is 7.09. The molecule has 0 aromatic heterocycles. The zero-order chi connectivity index (χ0) is 17.9. The molecule has 0 radical (unpaired) electrons. The summed E-state index contributed by atoms with van der Waals surface area (Å²) in [5, 5.41) is 8.49. The Balaban J connectivity index is 1.96. The van der Waals surface area contributed by atoms with Gasteiger partial charge in [0.2, 0.25) is 0 Å². The van der Waals surface area contributed by atoms with Gasteiger partial charge in [-0.2, -0.15) is 0 Å². The lowest BCUT2D eigenvalue weighted by atomic mass is 9.85. The molecule has 0 spiro atoms. The van der Waals surface area contributed by atoms with E-state index in [1.807, 2.05) is 21.0 Å². The molecule has 3 N–H and O–H groups in total. The molecular formula is C17H26N4O3. The number of urea groups is 1. The third-order valence-corrected chi connectivity index (χ3v) is 4.12. The van der Waals surface area contributed by atoms with Crippen LogP contribution in [0, 0.1) is 5.41 Å². The van der Waals surface area contributed by atoms with Gasteiger partial charge in [-0.25, -0.2) is 4.79 Å². The Morgan fingerprint density at radius 2 is 2.12 bits per heavy atom. The molecule has 132 valence electrons. The molecule has 1 aliphatic rings. The van der Waals surface area contributed by atoms with E-state index in [-0.39, 0.29) is 30.0 Å². The standard InChI is InChI=1S/C17H26N4O3/c1-11(17(2,3)10-21(4)5)18-16(23)19-12-6-7-13-14(8-12)24-9-15(22)20-13/h6-8,11H,9-10H2,1-5H3,(H,20,22)(H2,18,19,23)/t11-/m0/s1. The van der Waals surface area contributed by atoms with E-state index in [9.17, 15) is 9.59 Å². The average molecular weight is 334 g/mol. The quantitative estimate of drug-likeness (QED) is 0.770. The number of carbonyl (C=O) groups is 2. The minimum Gasteiger partial charge on any atom is -0.482 e. The van der Waals surface area contributed by atoms with Crippen molar-refractivity contribution in [2.24, 2.45) is 5.41 Å². The topological polar surface area (TPSA) is 82.7 Å². The van der Waals surface area contributed by atoms with Crippen molar-refractivity contribution >= 4 is 23.3 Å². The number of hydrogen-bond acceptors (Lipinski definition) is 4. The summed E-state index contributed by atoms with van der Waals surface area (Å²) in [4.78, 5) is 25.6. The molecule has 1 aliphatic heterocycles. The van der Waals surface area contributed by atoms with Gasteiger partial charge in [-0.1, -0.05) is 13.8 Å². The van der Waals surface area contributed by atoms with Crippen LogP contribution in [0.1, 0.15) is 20.8 Å². The molecule has 0 saturated heterocycles. The molecule has 0 fully saturated rings. The van der Waals surface area contributed by atoms with Crippen molar-refractivity contribution in [1.29, 1.82) is 0 Å². The van der Waals surface area contributed by atoms with Crippen molar-refractivity contribution in [2.75, 3.05) is 37.9 Å². The predicted molar refractivity (Wildman–Crippen MR) is 94.5 cm³/mol. The van der Waals surface area contributed by atoms with E-state index >= 15 is 0 Å². The number of benzene rings is 1. The first-order valence-electron chi connectivity index (χ1n) is 7.96. The minimum atomic E-state index is -0.269. The molecular weight excluding hydrogens is 308 g/mol. The van der Waals surface area contributed by atoms with Crippen LogP contribution in [0.25, 0.3) is 0 Å². The van der Waals surface area contributed by atoms with E-state index in [4.69, 9.17) is 4.74 Å². The van der Waals surface area contributed by atoms with Gasteiger partial charge in [0.25, 0.3) is 5.91 Å². The normalized spacial score (nSPS) is 15.2. The number of nitrogens with one attached hydrogen (secondary N) is 3. The summed E-state index contributed by atoms with van der Waals surface area (Å²) in [7, 11) is 4.03. The molecule has 2 rings (SSSR count). The van der Waals surface area contributed by atoms with Crippen molar-refractivity contribution in [2.45, 2.75) is 26.8 Å². The highest BCUT2D eigenvalue weighted by molar-refractivity contribution is 5.96. The van der Waals surface area contributed by atoms with Crippen LogP contribution in [-0.4, -0.2) is 50.1 Å². The maximum atomic E-state index is 12.2. The summed E-state index contributed by atoms with van der Waals surface area (Å²) < 4.78 is 5.35. The van der Waals surface area contributed by atoms with Crippen LogP contribution in [0.15, 0.2) is 18.2 Å². The zero-order valence-electron chi connectivity index (χ0n) is 14.9. The second-order valence-corrected chi connectivity index (χ2v) is 7.09. The molecule has 1 atom stereocenters. The first-order valence-corrected chi connectivity index (χ1v) is 7.96. The molecule has 7 nitrogen and oxygen atoms in total. The number of fused-ring (bicyclic) bond motifs is 1. The monoisotopic (exact) mass is 334 g/mol. The lowest BCUT2D eigenvalue weighted by molar-refractivity contribution is -0.118. The minimum absolute atomic E-state index is 0.00642. The van der Waals surface area contributed by atoms with Gasteiger partial charge in [0.1, 0.15) is 5.75 Å². The van der Waals surface area contributed by atoms with Crippen LogP contribution in [0.3, 0.4) is 0 Å². The Morgan fingerprint density at radius 3 is 2.79 bits per heavy atom. The first kappa shape index (κ1) is 18.1. The third kappa shape index (κ3) is 4.61. The van der Waals surface area contributed by atoms with Gasteiger partial charge in [-0.3, -0.25) is 4.79 Å². The fourth-order valence-electron chi connectivity index (χ4n) is 2.66. The van der Waals surface area contributed by atoms with Crippen molar-refractivity contribution in [3.05, 3.63) is 18.2 Å². The van der Waals surface area contributed by atoms with Gasteiger partial charge in [-0.05, 0) is 38.6 Å². The number of carbonyl (C=O) groups excluding carboxylic acids is 2. The van der Waals surface area contributed by atoms with Gasteiger partial charge in [0, 0.05) is 24.3 Å². The van der Waals surface area contributed by atoms with Crippen LogP contribution >= 0.6 is 0 Å². The highest BCUT2D eigenvalue weighted by Crippen LogP contribution is 2.30. The van der Waals surface area contributed by atoms with Crippen molar-refractivity contribution < 1.29 is 14.3 Å². The van der Waals surface area contributed by atoms with Crippen LogP contribution in [0.4, 0.5) is 16.2 Å². The fraction of sp³-hybridized carbons (Fsp3) is 0.529. The summed E-state index contributed by atoms with van der Waals surface area (Å²) in [6, 6.07) is 4.86. The van der Waals surface area contributed by atoms with Gasteiger partial charge in [-0.15, -0.1) is 0 Å². The maximum Gasteiger partial charge on any atom is 0.319 e. The predicted octanol–water partition coefficient (Wildman–Crippen LogP) is 2.12. The van der Waals surface area contributed by atoms with Gasteiger partial charge < -0.3 is 25.6 Å². The Kier molecular flexibility index (Phi) is 5.33. The van der Waals surface area contributed by atoms with E-state index in [0.717, 1.165) is 6.54 Å². The Bertz CT molecular complexity index is 628. The highest BCUT2D eigenvalue weighted by atomic mass is 16.5. The van der Waals surface area contributed by atoms with Crippen molar-refractivity contribution in [1.82, 2.24) is 10.2 Å². The van der Waals surface area contributed by atoms with E-state index < -0.39 is 0 Å². The lowest BCUT2D eigenvalue weighted by Crippen LogP contribution is -2.48. The number of anilines is 2. The van der Waals surface area contributed by atoms with E-state index in [0.29, 0.717) is 17.1 Å². The Labute approximate surface area is 142 Å². The van der Waals surface area contributed by atoms with Gasteiger partial charge in [0.15, 0.2) is 6.61 Å². The van der Waals surface area contributed by atoms with Crippen LogP contribution in [-0.2, 0) is 4.79 Å². The molecule has 0 bridgehead atoms. The molecule has 3 amide bonds. The van der Waals surface area contributed by atoms with Gasteiger partial charge >= 0.3 is 6.03 Å². The molecule has 0 aliphatic carbocycles. The highest BCUT2D eigenvalue weighted by Gasteiger charge is 2.28. The maximum absolute atomic E-state index is 12.2. The molecule has 1 aromatic rings. The zero-order valence-corrected chi connectivity index (χ0v) is 14.9. The van der Waals surface area contributed by atoms with Crippen molar-refractivity contribution in [3.63, 3.8) is 0 Å². The number of amides is 3. The third-order valence-electron chi connectivity index (χ3n) is 4.12. The van der Waals surface area contributed by atoms with Crippen LogP contribution < -0.4 is 20.7 Å². The molecule has 0 unspecified atom stereocenters. The lowest BCUT2D eigenvalue weighted by Gasteiger charge is -2.34. The molecule has 1 heterocycles. The summed E-state index contributed by atoms with van der Waals surface area (Å²) in [5.74, 6) is 0.367. The molecule has 0 saturated carbocycles. The second kappa shape index (κ2) is 7.09. The molecule has 7 heteroatoms. The van der Waals surface area contributed by atoms with E-state index in [2.05, 4.69) is 34.7 Å². The summed E-state index contributed by atoms with van der Waals surface area (Å²) >= 11 is 0. The summed E-state index contributed by atoms with van der Waals surface area (Å²) in [6.07, 6.45) is 0. The summed E-state index contributed by atoms with van der Waals surface area (Å²) in [5.41, 5.74) is 1.15. The smallest absolute Gasteiger partial charge is 0.319 e. The number of nitrogens with zero attached hydrogens (tertiary/aromatic N) is 1. The van der Waals surface area contributed by atoms with E-state index in [1.54, 1.807) is 18.2 Å². The largest absolute Gasteiger partial charge is 0.482 e. The van der Waals surface area contributed by atoms with Crippen molar-refractivity contribution in [3.8, 4) is 5.75 Å².